The lowest BCUT2D eigenvalue weighted by molar-refractivity contribution is -0.122. The number of hydrogen-bond donors (Lipinski definition) is 2. The fraction of sp³-hybridized carbons (Fsp3) is 0.500. The number of benzene rings is 1. The van der Waals surface area contributed by atoms with Gasteiger partial charge in [-0.05, 0) is 53.0 Å². The van der Waals surface area contributed by atoms with Crippen LogP contribution in [-0.4, -0.2) is 32.7 Å². The van der Waals surface area contributed by atoms with Crippen LogP contribution < -0.4 is 20.1 Å². The van der Waals surface area contributed by atoms with Gasteiger partial charge in [-0.1, -0.05) is 0 Å². The topological polar surface area (TPSA) is 59.6 Å². The third-order valence-electron chi connectivity index (χ3n) is 3.34. The molecule has 2 N–H and O–H groups in total. The highest BCUT2D eigenvalue weighted by atomic mass is 79.9. The van der Waals surface area contributed by atoms with Crippen molar-refractivity contribution in [3.05, 3.63) is 22.2 Å². The summed E-state index contributed by atoms with van der Waals surface area (Å²) in [5, 5.41) is 6.12. The molecule has 0 aromatic heterocycles. The van der Waals surface area contributed by atoms with Gasteiger partial charge in [0, 0.05) is 6.54 Å². The van der Waals surface area contributed by atoms with Crippen LogP contribution in [0.15, 0.2) is 16.6 Å². The number of hydrogen-bond acceptors (Lipinski definition) is 4. The maximum Gasteiger partial charge on any atom is 0.237 e. The second-order valence-electron chi connectivity index (χ2n) is 4.68. The van der Waals surface area contributed by atoms with Gasteiger partial charge in [-0.2, -0.15) is 0 Å². The van der Waals surface area contributed by atoms with Crippen molar-refractivity contribution in [2.24, 2.45) is 0 Å². The predicted octanol–water partition coefficient (Wildman–Crippen LogP) is 1.83. The summed E-state index contributed by atoms with van der Waals surface area (Å²) in [6, 6.07) is 3.73. The van der Waals surface area contributed by atoms with E-state index in [4.69, 9.17) is 9.47 Å². The van der Waals surface area contributed by atoms with E-state index in [-0.39, 0.29) is 11.9 Å². The lowest BCUT2D eigenvalue weighted by atomic mass is 10.1. The first-order valence-corrected chi connectivity index (χ1v) is 7.36. The van der Waals surface area contributed by atoms with Crippen molar-refractivity contribution in [1.82, 2.24) is 10.6 Å². The van der Waals surface area contributed by atoms with Gasteiger partial charge in [0.25, 0.3) is 0 Å². The average molecular weight is 343 g/mol. The van der Waals surface area contributed by atoms with Crippen LogP contribution in [0.1, 0.15) is 18.4 Å². The van der Waals surface area contributed by atoms with Gasteiger partial charge >= 0.3 is 0 Å². The van der Waals surface area contributed by atoms with Gasteiger partial charge in [-0.15, -0.1) is 0 Å². The van der Waals surface area contributed by atoms with Crippen LogP contribution in [-0.2, 0) is 11.3 Å². The number of halogens is 1. The van der Waals surface area contributed by atoms with Crippen molar-refractivity contribution in [1.29, 1.82) is 0 Å². The van der Waals surface area contributed by atoms with Crippen molar-refractivity contribution < 1.29 is 14.3 Å². The van der Waals surface area contributed by atoms with E-state index in [1.54, 1.807) is 14.2 Å². The van der Waals surface area contributed by atoms with Crippen LogP contribution in [0.25, 0.3) is 0 Å². The van der Waals surface area contributed by atoms with Crippen LogP contribution in [0.5, 0.6) is 11.5 Å². The fourth-order valence-electron chi connectivity index (χ4n) is 2.29. The first-order valence-electron chi connectivity index (χ1n) is 6.57. The Morgan fingerprint density at radius 2 is 2.25 bits per heavy atom. The van der Waals surface area contributed by atoms with Crippen LogP contribution in [0.2, 0.25) is 0 Å². The molecule has 0 bridgehead atoms. The molecular weight excluding hydrogens is 324 g/mol. The minimum Gasteiger partial charge on any atom is -0.493 e. The number of rotatable bonds is 5. The van der Waals surface area contributed by atoms with E-state index < -0.39 is 0 Å². The Hall–Kier alpha value is -1.27. The first-order chi connectivity index (χ1) is 9.65. The number of methoxy groups -OCH3 is 2. The van der Waals surface area contributed by atoms with Crippen molar-refractivity contribution in [3.63, 3.8) is 0 Å². The highest BCUT2D eigenvalue weighted by Gasteiger charge is 2.21. The lowest BCUT2D eigenvalue weighted by Gasteiger charge is -2.14. The van der Waals surface area contributed by atoms with Crippen LogP contribution >= 0.6 is 15.9 Å². The number of carbonyl (C=O) groups is 1. The fourth-order valence-corrected chi connectivity index (χ4v) is 2.95. The summed E-state index contributed by atoms with van der Waals surface area (Å²) >= 11 is 3.44. The van der Waals surface area contributed by atoms with E-state index in [2.05, 4.69) is 26.6 Å². The molecule has 1 aromatic rings. The van der Waals surface area contributed by atoms with Crippen molar-refractivity contribution in [2.45, 2.75) is 25.4 Å². The third-order valence-corrected chi connectivity index (χ3v) is 3.93. The number of nitrogens with one attached hydrogen (secondary N) is 2. The van der Waals surface area contributed by atoms with Gasteiger partial charge < -0.3 is 20.1 Å². The summed E-state index contributed by atoms with van der Waals surface area (Å²) in [7, 11) is 3.19. The van der Waals surface area contributed by atoms with Crippen LogP contribution in [0.4, 0.5) is 0 Å². The summed E-state index contributed by atoms with van der Waals surface area (Å²) in [6.45, 7) is 1.38. The number of carbonyl (C=O) groups excluding carboxylic acids is 1. The first kappa shape index (κ1) is 15.1. The van der Waals surface area contributed by atoms with E-state index in [0.29, 0.717) is 18.0 Å². The van der Waals surface area contributed by atoms with E-state index in [1.807, 2.05) is 12.1 Å². The zero-order chi connectivity index (χ0) is 14.5. The minimum atomic E-state index is -0.0569. The molecule has 2 rings (SSSR count). The summed E-state index contributed by atoms with van der Waals surface area (Å²) in [5.74, 6) is 1.35. The molecule has 0 saturated carbocycles. The molecule has 110 valence electrons. The quantitative estimate of drug-likeness (QED) is 0.857. The normalized spacial score (nSPS) is 17.9. The molecule has 1 saturated heterocycles. The van der Waals surface area contributed by atoms with Gasteiger partial charge in [-0.25, -0.2) is 0 Å². The summed E-state index contributed by atoms with van der Waals surface area (Å²) < 4.78 is 11.4. The Morgan fingerprint density at radius 3 is 2.85 bits per heavy atom. The molecule has 1 aliphatic rings. The molecular formula is C14H19BrN2O3. The molecule has 0 spiro atoms. The Balaban J connectivity index is 2.02. The predicted molar refractivity (Wildman–Crippen MR) is 80.1 cm³/mol. The molecule has 5 nitrogen and oxygen atoms in total. The SMILES string of the molecule is COc1cc(CNC(=O)C2CCCN2)cc(Br)c1OC. The smallest absolute Gasteiger partial charge is 0.237 e. The van der Waals surface area contributed by atoms with Crippen molar-refractivity contribution in [3.8, 4) is 11.5 Å². The van der Waals surface area contributed by atoms with Gasteiger partial charge in [0.1, 0.15) is 0 Å². The van der Waals surface area contributed by atoms with Gasteiger partial charge in [0.2, 0.25) is 5.91 Å². The lowest BCUT2D eigenvalue weighted by Crippen LogP contribution is -2.40. The third kappa shape index (κ3) is 3.43. The van der Waals surface area contributed by atoms with Crippen molar-refractivity contribution >= 4 is 21.8 Å². The van der Waals surface area contributed by atoms with E-state index in [1.165, 1.54) is 0 Å². The molecule has 1 amide bonds. The highest BCUT2D eigenvalue weighted by Crippen LogP contribution is 2.36. The summed E-state index contributed by atoms with van der Waals surface area (Å²) in [6.07, 6.45) is 1.96. The second-order valence-corrected chi connectivity index (χ2v) is 5.53. The molecule has 1 heterocycles. The summed E-state index contributed by atoms with van der Waals surface area (Å²) in [5.41, 5.74) is 0.959. The largest absolute Gasteiger partial charge is 0.493 e. The molecule has 1 atom stereocenters. The van der Waals surface area contributed by atoms with Crippen LogP contribution in [0, 0.1) is 0 Å². The second kappa shape index (κ2) is 6.95. The molecule has 1 aromatic carbocycles. The monoisotopic (exact) mass is 342 g/mol. The molecule has 20 heavy (non-hydrogen) atoms. The maximum atomic E-state index is 11.9. The van der Waals surface area contributed by atoms with Gasteiger partial charge in [0.05, 0.1) is 24.7 Å². The maximum absolute atomic E-state index is 11.9. The molecule has 1 unspecified atom stereocenters. The van der Waals surface area contributed by atoms with Gasteiger partial charge in [0.15, 0.2) is 11.5 Å². The molecule has 0 aliphatic carbocycles. The minimum absolute atomic E-state index is 0.0495. The molecule has 6 heteroatoms. The highest BCUT2D eigenvalue weighted by molar-refractivity contribution is 9.10. The standard InChI is InChI=1S/C14H19BrN2O3/c1-19-12-7-9(6-10(15)13(12)20-2)8-17-14(18)11-4-3-5-16-11/h6-7,11,16H,3-5,8H2,1-2H3,(H,17,18). The number of amides is 1. The Morgan fingerprint density at radius 1 is 1.45 bits per heavy atom. The zero-order valence-corrected chi connectivity index (χ0v) is 13.2. The van der Waals surface area contributed by atoms with Gasteiger partial charge in [-0.3, -0.25) is 4.79 Å². The van der Waals surface area contributed by atoms with E-state index in [9.17, 15) is 4.79 Å². The Labute approximate surface area is 127 Å². The molecule has 1 aliphatic heterocycles. The Bertz CT molecular complexity index is 488. The zero-order valence-electron chi connectivity index (χ0n) is 11.7. The number of ether oxygens (including phenoxy) is 2. The Kier molecular flexibility index (Phi) is 5.25. The molecule has 0 radical (unpaired) electrons. The van der Waals surface area contributed by atoms with E-state index >= 15 is 0 Å². The van der Waals surface area contributed by atoms with Crippen molar-refractivity contribution in [2.75, 3.05) is 20.8 Å². The summed E-state index contributed by atoms with van der Waals surface area (Å²) in [4.78, 5) is 11.9. The molecule has 1 fully saturated rings. The average Bonchev–Trinajstić information content (AvgIpc) is 2.98. The van der Waals surface area contributed by atoms with Crippen LogP contribution in [0.3, 0.4) is 0 Å². The van der Waals surface area contributed by atoms with E-state index in [0.717, 1.165) is 29.4 Å².